The molecule has 1 amide bonds. The Morgan fingerprint density at radius 3 is 2.25 bits per heavy atom. The van der Waals surface area contributed by atoms with Crippen molar-refractivity contribution in [1.82, 2.24) is 5.32 Å². The quantitative estimate of drug-likeness (QED) is 0.888. The molecule has 2 aromatic rings. The van der Waals surface area contributed by atoms with Crippen molar-refractivity contribution in [2.75, 3.05) is 6.54 Å². The van der Waals surface area contributed by atoms with Gasteiger partial charge in [-0.1, -0.05) is 36.4 Å². The third kappa shape index (κ3) is 2.89. The van der Waals surface area contributed by atoms with E-state index < -0.39 is 0 Å². The summed E-state index contributed by atoms with van der Waals surface area (Å²) in [6.45, 7) is 0.498. The van der Waals surface area contributed by atoms with Crippen molar-refractivity contribution in [1.29, 1.82) is 0 Å². The van der Waals surface area contributed by atoms with Crippen LogP contribution in [0.1, 0.15) is 36.3 Å². The molecule has 1 atom stereocenters. The van der Waals surface area contributed by atoms with Gasteiger partial charge in [0.1, 0.15) is 11.5 Å². The first-order chi connectivity index (χ1) is 11.7. The van der Waals surface area contributed by atoms with Gasteiger partial charge in [0.15, 0.2) is 0 Å². The monoisotopic (exact) mass is 323 g/mol. The predicted octanol–water partition coefficient (Wildman–Crippen LogP) is 3.20. The van der Waals surface area contributed by atoms with Gasteiger partial charge in [0, 0.05) is 17.7 Å². The minimum Gasteiger partial charge on any atom is -0.457 e. The van der Waals surface area contributed by atoms with E-state index in [0.717, 1.165) is 35.5 Å². The summed E-state index contributed by atoms with van der Waals surface area (Å²) in [5, 5.41) is 12.9. The third-order valence-electron chi connectivity index (χ3n) is 4.85. The van der Waals surface area contributed by atoms with Crippen molar-refractivity contribution >= 4 is 5.91 Å². The predicted molar refractivity (Wildman–Crippen MR) is 91.2 cm³/mol. The highest BCUT2D eigenvalue weighted by Crippen LogP contribution is 2.43. The van der Waals surface area contributed by atoms with E-state index in [9.17, 15) is 9.90 Å². The smallest absolute Gasteiger partial charge is 0.232 e. The molecular weight excluding hydrogens is 302 g/mol. The molecule has 0 bridgehead atoms. The first-order valence-corrected chi connectivity index (χ1v) is 8.55. The number of benzene rings is 2. The standard InChI is InChI=1S/C20H21NO3/c22-16(13-9-10-13)11-12-21-20(23)19-14-5-1-3-7-17(14)24-18-8-4-2-6-15(18)19/h1-8,13,16,19,22H,9-12H2,(H,21,23)/t16-/m0/s1. The molecule has 2 N–H and O–H groups in total. The highest BCUT2D eigenvalue weighted by atomic mass is 16.5. The normalized spacial score (nSPS) is 17.4. The summed E-state index contributed by atoms with van der Waals surface area (Å²) in [5.41, 5.74) is 1.77. The number of rotatable bonds is 5. The first kappa shape index (κ1) is 15.2. The summed E-state index contributed by atoms with van der Waals surface area (Å²) in [6.07, 6.45) is 2.54. The highest BCUT2D eigenvalue weighted by molar-refractivity contribution is 5.89. The van der Waals surface area contributed by atoms with E-state index >= 15 is 0 Å². The van der Waals surface area contributed by atoms with Crippen LogP contribution in [0.25, 0.3) is 0 Å². The Bertz CT molecular complexity index is 709. The van der Waals surface area contributed by atoms with Crippen molar-refractivity contribution in [2.24, 2.45) is 5.92 Å². The maximum atomic E-state index is 12.8. The molecule has 124 valence electrons. The van der Waals surface area contributed by atoms with Crippen LogP contribution in [0, 0.1) is 5.92 Å². The topological polar surface area (TPSA) is 58.6 Å². The molecule has 0 unspecified atom stereocenters. The van der Waals surface area contributed by atoms with Crippen LogP contribution < -0.4 is 10.1 Å². The average molecular weight is 323 g/mol. The molecule has 1 aliphatic carbocycles. The fourth-order valence-corrected chi connectivity index (χ4v) is 3.35. The van der Waals surface area contributed by atoms with Crippen LogP contribution >= 0.6 is 0 Å². The number of nitrogens with one attached hydrogen (secondary N) is 1. The summed E-state index contributed by atoms with van der Waals surface area (Å²) in [7, 11) is 0. The summed E-state index contributed by atoms with van der Waals surface area (Å²) in [4.78, 5) is 12.8. The van der Waals surface area contributed by atoms with Crippen molar-refractivity contribution < 1.29 is 14.6 Å². The second-order valence-electron chi connectivity index (χ2n) is 6.60. The van der Waals surface area contributed by atoms with Crippen molar-refractivity contribution in [3.63, 3.8) is 0 Å². The lowest BCUT2D eigenvalue weighted by Crippen LogP contribution is -2.33. The second-order valence-corrected chi connectivity index (χ2v) is 6.60. The van der Waals surface area contributed by atoms with Crippen molar-refractivity contribution in [2.45, 2.75) is 31.3 Å². The van der Waals surface area contributed by atoms with Crippen molar-refractivity contribution in [3.8, 4) is 11.5 Å². The number of fused-ring (bicyclic) bond motifs is 2. The molecule has 0 spiro atoms. The molecule has 4 nitrogen and oxygen atoms in total. The number of carbonyl (C=O) groups is 1. The molecule has 0 aromatic heterocycles. The molecule has 1 aliphatic heterocycles. The molecule has 0 saturated heterocycles. The molecule has 0 radical (unpaired) electrons. The van der Waals surface area contributed by atoms with Crippen LogP contribution in [0.15, 0.2) is 48.5 Å². The molecule has 1 fully saturated rings. The fourth-order valence-electron chi connectivity index (χ4n) is 3.35. The zero-order chi connectivity index (χ0) is 16.5. The van der Waals surface area contributed by atoms with E-state index in [4.69, 9.17) is 4.74 Å². The zero-order valence-electron chi connectivity index (χ0n) is 13.4. The third-order valence-corrected chi connectivity index (χ3v) is 4.85. The van der Waals surface area contributed by atoms with Crippen LogP contribution in [0.2, 0.25) is 0 Å². The van der Waals surface area contributed by atoms with Gasteiger partial charge in [0.05, 0.1) is 12.0 Å². The fraction of sp³-hybridized carbons (Fsp3) is 0.350. The molecule has 4 heteroatoms. The Balaban J connectivity index is 1.53. The Morgan fingerprint density at radius 2 is 1.67 bits per heavy atom. The lowest BCUT2D eigenvalue weighted by Gasteiger charge is -2.27. The minimum absolute atomic E-state index is 0.0406. The summed E-state index contributed by atoms with van der Waals surface area (Å²) in [6, 6.07) is 15.3. The van der Waals surface area contributed by atoms with Gasteiger partial charge in [-0.05, 0) is 37.3 Å². The molecule has 2 aromatic carbocycles. The second kappa shape index (κ2) is 6.29. The summed E-state index contributed by atoms with van der Waals surface area (Å²) in [5.74, 6) is 1.49. The number of para-hydroxylation sites is 2. The number of aliphatic hydroxyl groups excluding tert-OH is 1. The van der Waals surface area contributed by atoms with Gasteiger partial charge in [-0.15, -0.1) is 0 Å². The van der Waals surface area contributed by atoms with Crippen LogP contribution in [0.3, 0.4) is 0 Å². The molecule has 24 heavy (non-hydrogen) atoms. The Labute approximate surface area is 141 Å². The molecule has 4 rings (SSSR count). The van der Waals surface area contributed by atoms with Crippen molar-refractivity contribution in [3.05, 3.63) is 59.7 Å². The van der Waals surface area contributed by atoms with Crippen LogP contribution in [0.4, 0.5) is 0 Å². The van der Waals surface area contributed by atoms with Gasteiger partial charge in [-0.25, -0.2) is 0 Å². The zero-order valence-corrected chi connectivity index (χ0v) is 13.4. The Morgan fingerprint density at radius 1 is 1.08 bits per heavy atom. The first-order valence-electron chi connectivity index (χ1n) is 8.55. The van der Waals surface area contributed by atoms with Crippen LogP contribution in [-0.4, -0.2) is 23.7 Å². The largest absolute Gasteiger partial charge is 0.457 e. The molecule has 1 saturated carbocycles. The van der Waals surface area contributed by atoms with E-state index in [1.165, 1.54) is 0 Å². The minimum atomic E-state index is -0.371. The number of ether oxygens (including phenoxy) is 1. The summed E-state index contributed by atoms with van der Waals surface area (Å²) < 4.78 is 5.92. The maximum Gasteiger partial charge on any atom is 0.232 e. The average Bonchev–Trinajstić information content (AvgIpc) is 3.44. The van der Waals surface area contributed by atoms with E-state index in [1.807, 2.05) is 48.5 Å². The van der Waals surface area contributed by atoms with E-state index in [0.29, 0.717) is 18.9 Å². The number of hydrogen-bond donors (Lipinski definition) is 2. The molecule has 2 aliphatic rings. The van der Waals surface area contributed by atoms with Gasteiger partial charge in [0.2, 0.25) is 5.91 Å². The van der Waals surface area contributed by atoms with E-state index in [2.05, 4.69) is 5.32 Å². The van der Waals surface area contributed by atoms with Gasteiger partial charge in [-0.3, -0.25) is 4.79 Å². The van der Waals surface area contributed by atoms with Gasteiger partial charge in [-0.2, -0.15) is 0 Å². The number of carbonyl (C=O) groups excluding carboxylic acids is 1. The number of aliphatic hydroxyl groups is 1. The lowest BCUT2D eigenvalue weighted by molar-refractivity contribution is -0.121. The molecular formula is C20H21NO3. The van der Waals surface area contributed by atoms with E-state index in [-0.39, 0.29) is 17.9 Å². The number of hydrogen-bond acceptors (Lipinski definition) is 3. The highest BCUT2D eigenvalue weighted by Gasteiger charge is 2.33. The van der Waals surface area contributed by atoms with Gasteiger partial charge < -0.3 is 15.2 Å². The SMILES string of the molecule is O=C(NCC[C@H](O)C1CC1)C1c2ccccc2Oc2ccccc21. The summed E-state index contributed by atoms with van der Waals surface area (Å²) >= 11 is 0. The lowest BCUT2D eigenvalue weighted by atomic mass is 9.87. The van der Waals surface area contributed by atoms with Crippen LogP contribution in [-0.2, 0) is 4.79 Å². The van der Waals surface area contributed by atoms with Gasteiger partial charge in [0.25, 0.3) is 0 Å². The Kier molecular flexibility index (Phi) is 3.98. The molecule has 1 heterocycles. The van der Waals surface area contributed by atoms with Crippen LogP contribution in [0.5, 0.6) is 11.5 Å². The Hall–Kier alpha value is -2.33. The van der Waals surface area contributed by atoms with E-state index in [1.54, 1.807) is 0 Å². The number of amides is 1. The van der Waals surface area contributed by atoms with Gasteiger partial charge >= 0.3 is 0 Å². The maximum absolute atomic E-state index is 12.8.